The highest BCUT2D eigenvalue weighted by atomic mass is 16.5. The Labute approximate surface area is 201 Å². The molecule has 0 aliphatic carbocycles. The highest BCUT2D eigenvalue weighted by Crippen LogP contribution is 2.19. The van der Waals surface area contributed by atoms with Gasteiger partial charge in [-0.05, 0) is 45.1 Å². The molecule has 0 aromatic heterocycles. The molecule has 10 nitrogen and oxygen atoms in total. The van der Waals surface area contributed by atoms with Crippen molar-refractivity contribution in [1.82, 2.24) is 25.8 Å². The number of carbonyl (C=O) groups excluding carboxylic acids is 4. The molecule has 0 saturated carbocycles. The maximum absolute atomic E-state index is 13.0. The first-order valence-corrected chi connectivity index (χ1v) is 11.6. The third-order valence-electron chi connectivity index (χ3n) is 5.53. The van der Waals surface area contributed by atoms with Crippen LogP contribution in [0.25, 0.3) is 0 Å². The zero-order chi connectivity index (χ0) is 25.3. The van der Waals surface area contributed by atoms with Gasteiger partial charge >= 0.3 is 0 Å². The van der Waals surface area contributed by atoms with Crippen molar-refractivity contribution in [3.05, 3.63) is 29.8 Å². The third-order valence-corrected chi connectivity index (χ3v) is 5.53. The Morgan fingerprint density at radius 3 is 2.59 bits per heavy atom. The lowest BCUT2D eigenvalue weighted by Gasteiger charge is -2.28. The van der Waals surface area contributed by atoms with E-state index < -0.39 is 29.8 Å². The van der Waals surface area contributed by atoms with Crippen LogP contribution in [-0.4, -0.2) is 92.9 Å². The maximum atomic E-state index is 13.0. The fraction of sp³-hybridized carbons (Fsp3) is 0.583. The smallest absolute Gasteiger partial charge is 0.255 e. The van der Waals surface area contributed by atoms with Crippen molar-refractivity contribution in [2.75, 3.05) is 47.4 Å². The Morgan fingerprint density at radius 2 is 1.91 bits per heavy atom. The molecule has 3 N–H and O–H groups in total. The lowest BCUT2D eigenvalue weighted by molar-refractivity contribution is -0.137. The summed E-state index contributed by atoms with van der Waals surface area (Å²) in [5.41, 5.74) is 0.249. The normalized spacial score (nSPS) is 20.2. The number of para-hydroxylation sites is 1. The highest BCUT2D eigenvalue weighted by molar-refractivity contribution is 6.01. The number of hydrogen-bond acceptors (Lipinski definition) is 6. The molecule has 1 aliphatic rings. The molecule has 0 fully saturated rings. The van der Waals surface area contributed by atoms with Crippen LogP contribution in [0.2, 0.25) is 0 Å². The molecule has 2 atom stereocenters. The van der Waals surface area contributed by atoms with Crippen LogP contribution >= 0.6 is 0 Å². The number of hydrogen-bond donors (Lipinski definition) is 3. The number of rotatable bonds is 6. The van der Waals surface area contributed by atoms with E-state index in [0.717, 1.165) is 13.0 Å². The van der Waals surface area contributed by atoms with Gasteiger partial charge in [0.05, 0.1) is 18.5 Å². The monoisotopic (exact) mass is 475 g/mol. The van der Waals surface area contributed by atoms with Crippen LogP contribution < -0.4 is 20.7 Å². The zero-order valence-corrected chi connectivity index (χ0v) is 20.7. The van der Waals surface area contributed by atoms with Gasteiger partial charge in [0, 0.05) is 13.6 Å². The molecule has 34 heavy (non-hydrogen) atoms. The van der Waals surface area contributed by atoms with Gasteiger partial charge in [-0.1, -0.05) is 26.0 Å². The van der Waals surface area contributed by atoms with Gasteiger partial charge in [-0.3, -0.25) is 19.2 Å². The second-order valence-electron chi connectivity index (χ2n) is 9.07. The molecule has 1 aliphatic heterocycles. The summed E-state index contributed by atoms with van der Waals surface area (Å²) in [7, 11) is 5.52. The Hall–Kier alpha value is -3.14. The van der Waals surface area contributed by atoms with E-state index in [9.17, 15) is 19.2 Å². The van der Waals surface area contributed by atoms with Crippen LogP contribution in [0, 0.1) is 5.92 Å². The van der Waals surface area contributed by atoms with Crippen LogP contribution in [0.1, 0.15) is 37.0 Å². The summed E-state index contributed by atoms with van der Waals surface area (Å²) in [5.74, 6) is -1.54. The summed E-state index contributed by atoms with van der Waals surface area (Å²) in [6.45, 7) is 5.32. The molecule has 0 saturated heterocycles. The number of likely N-dealkylation sites (N-methyl/N-ethyl adjacent to an activating group) is 1. The topological polar surface area (TPSA) is 120 Å². The van der Waals surface area contributed by atoms with Crippen molar-refractivity contribution >= 4 is 23.6 Å². The van der Waals surface area contributed by atoms with Crippen LogP contribution in [0.15, 0.2) is 24.3 Å². The van der Waals surface area contributed by atoms with E-state index in [2.05, 4.69) is 16.0 Å². The summed E-state index contributed by atoms with van der Waals surface area (Å²) in [4.78, 5) is 55.2. The summed E-state index contributed by atoms with van der Waals surface area (Å²) in [6, 6.07) is 4.81. The van der Waals surface area contributed by atoms with Crippen molar-refractivity contribution in [2.24, 2.45) is 5.92 Å². The van der Waals surface area contributed by atoms with Crippen molar-refractivity contribution in [3.8, 4) is 5.75 Å². The molecule has 10 heteroatoms. The minimum absolute atomic E-state index is 0.165. The first kappa shape index (κ1) is 27.1. The van der Waals surface area contributed by atoms with E-state index in [-0.39, 0.29) is 37.0 Å². The van der Waals surface area contributed by atoms with Gasteiger partial charge in [-0.25, -0.2) is 0 Å². The number of amides is 4. The minimum atomic E-state index is -1.11. The molecule has 1 aromatic carbocycles. The summed E-state index contributed by atoms with van der Waals surface area (Å²) >= 11 is 0. The summed E-state index contributed by atoms with van der Waals surface area (Å²) < 4.78 is 5.79. The minimum Gasteiger partial charge on any atom is -0.491 e. The second-order valence-corrected chi connectivity index (χ2v) is 9.07. The van der Waals surface area contributed by atoms with Crippen LogP contribution in [-0.2, 0) is 14.4 Å². The number of nitrogens with zero attached hydrogens (tertiary/aromatic N) is 2. The van der Waals surface area contributed by atoms with Gasteiger partial charge in [-0.15, -0.1) is 0 Å². The summed E-state index contributed by atoms with van der Waals surface area (Å²) in [6.07, 6.45) is 0.424. The molecule has 0 unspecified atom stereocenters. The van der Waals surface area contributed by atoms with Crippen molar-refractivity contribution in [1.29, 1.82) is 0 Å². The van der Waals surface area contributed by atoms with E-state index in [0.29, 0.717) is 12.3 Å². The molecule has 188 valence electrons. The lowest BCUT2D eigenvalue weighted by atomic mass is 10.0. The second kappa shape index (κ2) is 12.9. The molecule has 0 spiro atoms. The van der Waals surface area contributed by atoms with E-state index in [1.54, 1.807) is 31.3 Å². The van der Waals surface area contributed by atoms with E-state index in [4.69, 9.17) is 4.74 Å². The standard InChI is InChI=1S/C24H37N5O5/c1-16(2)21-24(33)29(5)13-14-34-19-10-7-6-9-17(19)22(31)26-18(15-20(30)27-21)23(32)25-11-8-12-28(3)4/h6-7,9-10,16,18,21H,8,11-15H2,1-5H3,(H,25,32)(H,26,31)(H,27,30)/t18-,21+/m0/s1. The fourth-order valence-electron chi connectivity index (χ4n) is 3.53. The predicted molar refractivity (Wildman–Crippen MR) is 128 cm³/mol. The number of benzene rings is 1. The largest absolute Gasteiger partial charge is 0.491 e. The molecule has 2 rings (SSSR count). The van der Waals surface area contributed by atoms with E-state index in [1.807, 2.05) is 32.8 Å². The van der Waals surface area contributed by atoms with Gasteiger partial charge in [0.25, 0.3) is 5.91 Å². The Morgan fingerprint density at radius 1 is 1.21 bits per heavy atom. The number of ether oxygens (including phenoxy) is 1. The third kappa shape index (κ3) is 8.02. The highest BCUT2D eigenvalue weighted by Gasteiger charge is 2.31. The number of nitrogens with one attached hydrogen (secondary N) is 3. The fourth-order valence-corrected chi connectivity index (χ4v) is 3.53. The molecule has 0 radical (unpaired) electrons. The molecule has 1 heterocycles. The average Bonchev–Trinajstić information content (AvgIpc) is 2.78. The number of fused-ring (bicyclic) bond motifs is 1. The van der Waals surface area contributed by atoms with Crippen molar-refractivity contribution in [3.63, 3.8) is 0 Å². The predicted octanol–water partition coefficient (Wildman–Crippen LogP) is 0.235. The van der Waals surface area contributed by atoms with Gasteiger partial charge in [-0.2, -0.15) is 0 Å². The maximum Gasteiger partial charge on any atom is 0.255 e. The molecule has 4 amide bonds. The first-order chi connectivity index (χ1) is 16.1. The van der Waals surface area contributed by atoms with Crippen LogP contribution in [0.4, 0.5) is 0 Å². The van der Waals surface area contributed by atoms with Crippen molar-refractivity contribution in [2.45, 2.75) is 38.8 Å². The zero-order valence-electron chi connectivity index (χ0n) is 20.7. The number of carbonyl (C=O) groups is 4. The molecule has 0 bridgehead atoms. The van der Waals surface area contributed by atoms with E-state index >= 15 is 0 Å². The van der Waals surface area contributed by atoms with Gasteiger partial charge < -0.3 is 30.5 Å². The van der Waals surface area contributed by atoms with Gasteiger partial charge in [0.15, 0.2) is 0 Å². The van der Waals surface area contributed by atoms with Crippen molar-refractivity contribution < 1.29 is 23.9 Å². The summed E-state index contributed by atoms with van der Waals surface area (Å²) in [5, 5.41) is 8.21. The molecular formula is C24H37N5O5. The Balaban J connectivity index is 2.29. The van der Waals surface area contributed by atoms with Gasteiger partial charge in [0.2, 0.25) is 17.7 Å². The van der Waals surface area contributed by atoms with Crippen LogP contribution in [0.3, 0.4) is 0 Å². The van der Waals surface area contributed by atoms with E-state index in [1.165, 1.54) is 4.90 Å². The average molecular weight is 476 g/mol. The van der Waals surface area contributed by atoms with Gasteiger partial charge in [0.1, 0.15) is 24.4 Å². The first-order valence-electron chi connectivity index (χ1n) is 11.6. The Kier molecular flexibility index (Phi) is 10.3. The molecular weight excluding hydrogens is 438 g/mol. The Bertz CT molecular complexity index is 873. The molecule has 1 aromatic rings. The van der Waals surface area contributed by atoms with Crippen LogP contribution in [0.5, 0.6) is 5.75 Å². The SMILES string of the molecule is CC(C)[C@H]1NC(=O)C[C@@H](C(=O)NCCCN(C)C)NC(=O)c2ccccc2OCCN(C)C1=O. The lowest BCUT2D eigenvalue weighted by Crippen LogP contribution is -2.54. The quantitative estimate of drug-likeness (QED) is 0.507.